The van der Waals surface area contributed by atoms with E-state index in [1.807, 2.05) is 29.0 Å². The van der Waals surface area contributed by atoms with Crippen molar-refractivity contribution in [3.05, 3.63) is 72.7 Å². The summed E-state index contributed by atoms with van der Waals surface area (Å²) >= 11 is 0. The van der Waals surface area contributed by atoms with Crippen molar-refractivity contribution in [1.82, 2.24) is 29.9 Å². The molecule has 0 saturated carbocycles. The summed E-state index contributed by atoms with van der Waals surface area (Å²) < 4.78 is 15.6. The van der Waals surface area contributed by atoms with Crippen molar-refractivity contribution < 1.29 is 4.39 Å². The predicted octanol–water partition coefficient (Wildman–Crippen LogP) is 3.48. The Bertz CT molecular complexity index is 991. The summed E-state index contributed by atoms with van der Waals surface area (Å²) in [5.41, 5.74) is 3.33. The molecule has 0 radical (unpaired) electrons. The minimum Gasteiger partial charge on any atom is -0.330 e. The smallest absolute Gasteiger partial charge is 0.260 e. The van der Waals surface area contributed by atoms with E-state index in [1.54, 1.807) is 24.7 Å². The minimum atomic E-state index is -0.639. The quantitative estimate of drug-likeness (QED) is 0.620. The van der Waals surface area contributed by atoms with Crippen LogP contribution in [-0.2, 0) is 0 Å². The topological polar surface area (TPSA) is 72.3 Å². The Balaban J connectivity index is 1.66. The van der Waals surface area contributed by atoms with E-state index < -0.39 is 5.95 Å². The van der Waals surface area contributed by atoms with Gasteiger partial charge in [-0.25, -0.2) is 4.98 Å². The highest BCUT2D eigenvalue weighted by Crippen LogP contribution is 2.25. The first kappa shape index (κ1) is 15.2. The van der Waals surface area contributed by atoms with Crippen molar-refractivity contribution in [1.29, 1.82) is 0 Å². The van der Waals surface area contributed by atoms with E-state index in [0.29, 0.717) is 17.0 Å². The minimum absolute atomic E-state index is 0.151. The number of imidazole rings is 1. The molecule has 3 aromatic heterocycles. The van der Waals surface area contributed by atoms with Crippen molar-refractivity contribution in [2.24, 2.45) is 0 Å². The van der Waals surface area contributed by atoms with Gasteiger partial charge in [-0.2, -0.15) is 14.7 Å². The molecule has 0 bridgehead atoms. The third-order valence-electron chi connectivity index (χ3n) is 4.13. The highest BCUT2D eigenvalue weighted by Gasteiger charge is 2.13. The van der Waals surface area contributed by atoms with Crippen LogP contribution in [0.1, 0.15) is 18.5 Å². The van der Waals surface area contributed by atoms with Gasteiger partial charge in [0.1, 0.15) is 11.4 Å². The predicted molar refractivity (Wildman–Crippen MR) is 91.0 cm³/mol. The van der Waals surface area contributed by atoms with Gasteiger partial charge in [0, 0.05) is 18.0 Å². The summed E-state index contributed by atoms with van der Waals surface area (Å²) in [6.07, 6.45) is 5.32. The van der Waals surface area contributed by atoms with Gasteiger partial charge < -0.3 is 4.57 Å². The maximum atomic E-state index is 13.6. The molecule has 1 unspecified atom stereocenters. The number of H-pyrrole nitrogens is 1. The summed E-state index contributed by atoms with van der Waals surface area (Å²) in [6, 6.07) is 13.8. The van der Waals surface area contributed by atoms with E-state index in [0.717, 1.165) is 0 Å². The van der Waals surface area contributed by atoms with Crippen molar-refractivity contribution in [3.8, 4) is 22.6 Å². The Morgan fingerprint density at radius 3 is 2.64 bits per heavy atom. The molecular formula is C18H15FN6. The van der Waals surface area contributed by atoms with Gasteiger partial charge in [-0.15, -0.1) is 5.10 Å². The van der Waals surface area contributed by atoms with E-state index in [1.165, 1.54) is 5.56 Å². The highest BCUT2D eigenvalue weighted by molar-refractivity contribution is 5.65. The van der Waals surface area contributed by atoms with Crippen LogP contribution in [0.4, 0.5) is 4.39 Å². The summed E-state index contributed by atoms with van der Waals surface area (Å²) in [5.74, 6) is -0.639. The van der Waals surface area contributed by atoms with E-state index in [4.69, 9.17) is 0 Å². The molecule has 0 aliphatic rings. The van der Waals surface area contributed by atoms with Crippen LogP contribution in [0.25, 0.3) is 22.6 Å². The van der Waals surface area contributed by atoms with Crippen LogP contribution in [-0.4, -0.2) is 29.9 Å². The monoisotopic (exact) mass is 334 g/mol. The fourth-order valence-corrected chi connectivity index (χ4v) is 2.70. The molecule has 0 amide bonds. The number of pyridine rings is 1. The SMILES string of the molecule is CC(c1ccccc1)n1cnc(-c2cc(-c3n[nH]nc3F)ccn2)c1. The summed E-state index contributed by atoms with van der Waals surface area (Å²) in [4.78, 5) is 8.78. The van der Waals surface area contributed by atoms with E-state index in [9.17, 15) is 4.39 Å². The van der Waals surface area contributed by atoms with Crippen molar-refractivity contribution in [3.63, 3.8) is 0 Å². The molecule has 0 aliphatic heterocycles. The maximum absolute atomic E-state index is 13.6. The second-order valence-electron chi connectivity index (χ2n) is 5.69. The number of benzene rings is 1. The molecule has 1 atom stereocenters. The van der Waals surface area contributed by atoms with Gasteiger partial charge in [0.05, 0.1) is 18.1 Å². The molecule has 0 saturated heterocycles. The molecule has 124 valence electrons. The van der Waals surface area contributed by atoms with Crippen molar-refractivity contribution >= 4 is 0 Å². The van der Waals surface area contributed by atoms with Gasteiger partial charge in [-0.3, -0.25) is 4.98 Å². The Kier molecular flexibility index (Phi) is 3.81. The maximum Gasteiger partial charge on any atom is 0.260 e. The molecule has 6 nitrogen and oxygen atoms in total. The second kappa shape index (κ2) is 6.27. The van der Waals surface area contributed by atoms with Crippen LogP contribution in [0.3, 0.4) is 0 Å². The van der Waals surface area contributed by atoms with Crippen LogP contribution in [0.2, 0.25) is 0 Å². The lowest BCUT2D eigenvalue weighted by Crippen LogP contribution is -2.03. The number of nitrogens with zero attached hydrogens (tertiary/aromatic N) is 5. The number of aromatic nitrogens is 6. The molecule has 7 heteroatoms. The van der Waals surface area contributed by atoms with Crippen molar-refractivity contribution in [2.45, 2.75) is 13.0 Å². The summed E-state index contributed by atoms with van der Waals surface area (Å²) in [5, 5.41) is 9.52. The first-order chi connectivity index (χ1) is 12.2. The third kappa shape index (κ3) is 2.91. The van der Waals surface area contributed by atoms with E-state index in [2.05, 4.69) is 44.4 Å². The zero-order valence-corrected chi connectivity index (χ0v) is 13.5. The molecule has 0 fully saturated rings. The summed E-state index contributed by atoms with van der Waals surface area (Å²) in [6.45, 7) is 2.11. The van der Waals surface area contributed by atoms with E-state index >= 15 is 0 Å². The number of rotatable bonds is 4. The molecule has 3 heterocycles. The van der Waals surface area contributed by atoms with Crippen LogP contribution in [0.15, 0.2) is 61.2 Å². The normalized spacial score (nSPS) is 12.2. The largest absolute Gasteiger partial charge is 0.330 e. The average Bonchev–Trinajstić information content (AvgIpc) is 3.31. The van der Waals surface area contributed by atoms with Gasteiger partial charge in [0.2, 0.25) is 0 Å². The second-order valence-corrected chi connectivity index (χ2v) is 5.69. The van der Waals surface area contributed by atoms with Gasteiger partial charge in [-0.05, 0) is 24.6 Å². The Hall–Kier alpha value is -3.35. The van der Waals surface area contributed by atoms with E-state index in [-0.39, 0.29) is 11.7 Å². The van der Waals surface area contributed by atoms with Gasteiger partial charge >= 0.3 is 0 Å². The zero-order valence-electron chi connectivity index (χ0n) is 13.5. The first-order valence-electron chi connectivity index (χ1n) is 7.84. The van der Waals surface area contributed by atoms with Crippen LogP contribution in [0, 0.1) is 5.95 Å². The number of nitrogens with one attached hydrogen (secondary N) is 1. The molecule has 25 heavy (non-hydrogen) atoms. The van der Waals surface area contributed by atoms with Gasteiger partial charge in [-0.1, -0.05) is 30.3 Å². The molecule has 0 spiro atoms. The molecule has 4 rings (SSSR count). The number of hydrogen-bond donors (Lipinski definition) is 1. The third-order valence-corrected chi connectivity index (χ3v) is 4.13. The molecule has 0 aliphatic carbocycles. The lowest BCUT2D eigenvalue weighted by Gasteiger charge is -2.12. The molecular weight excluding hydrogens is 319 g/mol. The zero-order chi connectivity index (χ0) is 17.2. The Labute approximate surface area is 143 Å². The van der Waals surface area contributed by atoms with Gasteiger partial charge in [0.25, 0.3) is 5.95 Å². The number of halogens is 1. The number of hydrogen-bond acceptors (Lipinski definition) is 4. The van der Waals surface area contributed by atoms with Crippen LogP contribution >= 0.6 is 0 Å². The van der Waals surface area contributed by atoms with Crippen LogP contribution < -0.4 is 0 Å². The standard InChI is InChI=1S/C18H15FN6/c1-12(13-5-3-2-4-6-13)25-10-16(21-11-25)15-9-14(7-8-20-15)17-18(19)23-24-22-17/h2-12H,1H3,(H,22,23,24). The Morgan fingerprint density at radius 2 is 1.88 bits per heavy atom. The fourth-order valence-electron chi connectivity index (χ4n) is 2.70. The molecule has 1 aromatic carbocycles. The van der Waals surface area contributed by atoms with Gasteiger partial charge in [0.15, 0.2) is 0 Å². The lowest BCUT2D eigenvalue weighted by molar-refractivity contribution is 0.581. The van der Waals surface area contributed by atoms with Crippen molar-refractivity contribution in [2.75, 3.05) is 0 Å². The molecule has 1 N–H and O–H groups in total. The molecule has 4 aromatic rings. The number of aromatic amines is 1. The average molecular weight is 334 g/mol. The lowest BCUT2D eigenvalue weighted by atomic mass is 10.1. The highest BCUT2D eigenvalue weighted by atomic mass is 19.1. The fraction of sp³-hybridized carbons (Fsp3) is 0.111. The summed E-state index contributed by atoms with van der Waals surface area (Å²) in [7, 11) is 0. The Morgan fingerprint density at radius 1 is 1.04 bits per heavy atom. The first-order valence-corrected chi connectivity index (χ1v) is 7.84. The van der Waals surface area contributed by atoms with Crippen LogP contribution in [0.5, 0.6) is 0 Å².